The van der Waals surface area contributed by atoms with E-state index >= 15 is 0 Å². The fraction of sp³-hybridized carbons (Fsp3) is 1.00. The Bertz CT molecular complexity index is 146. The number of piperazine rings is 1. The summed E-state index contributed by atoms with van der Waals surface area (Å²) < 4.78 is 0. The number of hydrogen-bond donors (Lipinski definition) is 2. The van der Waals surface area contributed by atoms with Crippen LogP contribution in [0.25, 0.3) is 0 Å². The third-order valence-electron chi connectivity index (χ3n) is 3.49. The highest BCUT2D eigenvalue weighted by Gasteiger charge is 2.21. The monoisotopic (exact) mass is 338 g/mol. The molecule has 2 nitrogen and oxygen atoms in total. The zero-order valence-corrected chi connectivity index (χ0v) is 14.0. The molecule has 18 heavy (non-hydrogen) atoms. The molecule has 0 unspecified atom stereocenters. The van der Waals surface area contributed by atoms with E-state index in [4.69, 9.17) is 23.2 Å². The van der Waals surface area contributed by atoms with Gasteiger partial charge in [0.05, 0.1) is 13.1 Å². The van der Waals surface area contributed by atoms with E-state index in [-0.39, 0.29) is 24.8 Å². The summed E-state index contributed by atoms with van der Waals surface area (Å²) in [7, 11) is 0. The van der Waals surface area contributed by atoms with Crippen molar-refractivity contribution < 1.29 is 34.6 Å². The molecule has 1 rings (SSSR count). The molecule has 1 fully saturated rings. The van der Waals surface area contributed by atoms with E-state index in [1.807, 2.05) is 0 Å². The number of alkyl halides is 2. The van der Waals surface area contributed by atoms with Crippen LogP contribution in [0.3, 0.4) is 0 Å². The molecular formula is C12H26Cl4N2. The van der Waals surface area contributed by atoms with Crippen LogP contribution in [0.2, 0.25) is 0 Å². The average Bonchev–Trinajstić information content (AvgIpc) is 2.32. The van der Waals surface area contributed by atoms with Crippen molar-refractivity contribution >= 4 is 23.2 Å². The van der Waals surface area contributed by atoms with Gasteiger partial charge in [-0.25, -0.2) is 0 Å². The van der Waals surface area contributed by atoms with Gasteiger partial charge in [0.2, 0.25) is 0 Å². The van der Waals surface area contributed by atoms with Gasteiger partial charge in [-0.05, 0) is 25.7 Å². The van der Waals surface area contributed by atoms with Gasteiger partial charge in [0.1, 0.15) is 26.2 Å². The van der Waals surface area contributed by atoms with Crippen molar-refractivity contribution in [1.82, 2.24) is 0 Å². The summed E-state index contributed by atoms with van der Waals surface area (Å²) in [5.41, 5.74) is 0. The van der Waals surface area contributed by atoms with Crippen LogP contribution >= 0.6 is 23.2 Å². The van der Waals surface area contributed by atoms with Gasteiger partial charge in [0, 0.05) is 11.8 Å². The molecule has 0 bridgehead atoms. The number of rotatable bonds is 8. The second-order valence-electron chi connectivity index (χ2n) is 4.79. The summed E-state index contributed by atoms with van der Waals surface area (Å²) >= 11 is 11.4. The number of hydrogen-bond acceptors (Lipinski definition) is 0. The smallest absolute Gasteiger partial charge is 0.127 e. The summed E-state index contributed by atoms with van der Waals surface area (Å²) in [4.78, 5) is 3.57. The van der Waals surface area contributed by atoms with E-state index in [0.717, 1.165) is 11.8 Å². The molecular weight excluding hydrogens is 314 g/mol. The summed E-state index contributed by atoms with van der Waals surface area (Å²) in [6.45, 7) is 8.03. The highest BCUT2D eigenvalue weighted by atomic mass is 35.5. The number of unbranched alkanes of at least 4 members (excludes halogenated alkanes) is 2. The normalized spacial score (nSPS) is 23.0. The molecule has 2 N–H and O–H groups in total. The zero-order chi connectivity index (χ0) is 11.6. The second kappa shape index (κ2) is 14.5. The molecule has 0 aromatic rings. The van der Waals surface area contributed by atoms with Crippen molar-refractivity contribution in [1.29, 1.82) is 0 Å². The lowest BCUT2D eigenvalue weighted by atomic mass is 10.2. The Morgan fingerprint density at radius 3 is 1.22 bits per heavy atom. The Balaban J connectivity index is 0. The largest absolute Gasteiger partial charge is 1.00 e. The minimum atomic E-state index is 0. The van der Waals surface area contributed by atoms with Crippen LogP contribution in [0.1, 0.15) is 25.7 Å². The summed E-state index contributed by atoms with van der Waals surface area (Å²) in [5.74, 6) is 1.65. The molecule has 0 spiro atoms. The fourth-order valence-corrected chi connectivity index (χ4v) is 2.77. The molecule has 0 amide bonds. The second-order valence-corrected chi connectivity index (χ2v) is 5.55. The molecule has 112 valence electrons. The first-order valence-corrected chi connectivity index (χ1v) is 7.72. The molecule has 1 aliphatic heterocycles. The molecule has 0 aromatic carbocycles. The van der Waals surface area contributed by atoms with Gasteiger partial charge in [0.25, 0.3) is 0 Å². The minimum Gasteiger partial charge on any atom is -1.00 e. The van der Waals surface area contributed by atoms with Gasteiger partial charge in [-0.1, -0.05) is 0 Å². The molecule has 0 atom stereocenters. The summed E-state index contributed by atoms with van der Waals surface area (Å²) in [6.07, 6.45) is 4.94. The standard InChI is InChI=1S/C12H24Cl2N2.2ClH/c13-5-1-3-7-15-9-11-16(12-10-15)8-4-2-6-14;;/h1-12H2;2*1H. The third-order valence-corrected chi connectivity index (χ3v) is 4.03. The van der Waals surface area contributed by atoms with Crippen molar-refractivity contribution in [3.05, 3.63) is 0 Å². The Hall–Kier alpha value is 1.08. The zero-order valence-electron chi connectivity index (χ0n) is 11.0. The topological polar surface area (TPSA) is 8.88 Å². The minimum absolute atomic E-state index is 0. The maximum atomic E-state index is 5.69. The van der Waals surface area contributed by atoms with E-state index in [2.05, 4.69) is 0 Å². The molecule has 0 saturated carbocycles. The summed E-state index contributed by atoms with van der Waals surface area (Å²) in [5, 5.41) is 0. The SMILES string of the molecule is ClCCCC[NH+]1CC[NH+](CCCCCl)CC1.[Cl-].[Cl-]. The molecule has 0 aliphatic carbocycles. The third kappa shape index (κ3) is 9.94. The lowest BCUT2D eigenvalue weighted by Gasteiger charge is -2.29. The van der Waals surface area contributed by atoms with Crippen molar-refractivity contribution in [3.63, 3.8) is 0 Å². The number of quaternary nitrogens is 2. The first-order chi connectivity index (χ1) is 7.86. The van der Waals surface area contributed by atoms with E-state index in [9.17, 15) is 0 Å². The maximum Gasteiger partial charge on any atom is 0.127 e. The lowest BCUT2D eigenvalue weighted by Crippen LogP contribution is -3.28. The number of halogens is 4. The van der Waals surface area contributed by atoms with Crippen LogP contribution in [0.15, 0.2) is 0 Å². The predicted octanol–water partition coefficient (Wildman–Crippen LogP) is -6.18. The van der Waals surface area contributed by atoms with Gasteiger partial charge in [-0.3, -0.25) is 0 Å². The van der Waals surface area contributed by atoms with Crippen molar-refractivity contribution in [2.24, 2.45) is 0 Å². The van der Waals surface area contributed by atoms with Gasteiger partial charge in [-0.2, -0.15) is 0 Å². The highest BCUT2D eigenvalue weighted by Crippen LogP contribution is 1.88. The van der Waals surface area contributed by atoms with Crippen LogP contribution in [0, 0.1) is 0 Å². The molecule has 1 heterocycles. The molecule has 1 saturated heterocycles. The van der Waals surface area contributed by atoms with Crippen LogP contribution < -0.4 is 34.6 Å². The maximum absolute atomic E-state index is 5.69. The van der Waals surface area contributed by atoms with Crippen LogP contribution in [-0.2, 0) is 0 Å². The van der Waals surface area contributed by atoms with E-state index < -0.39 is 0 Å². The highest BCUT2D eigenvalue weighted by molar-refractivity contribution is 6.18. The lowest BCUT2D eigenvalue weighted by molar-refractivity contribution is -1.01. The van der Waals surface area contributed by atoms with Crippen LogP contribution in [-0.4, -0.2) is 51.0 Å². The van der Waals surface area contributed by atoms with Gasteiger partial charge < -0.3 is 34.6 Å². The van der Waals surface area contributed by atoms with Crippen molar-refractivity contribution in [2.45, 2.75) is 25.7 Å². The van der Waals surface area contributed by atoms with Crippen molar-refractivity contribution in [2.75, 3.05) is 51.0 Å². The van der Waals surface area contributed by atoms with Crippen LogP contribution in [0.5, 0.6) is 0 Å². The quantitative estimate of drug-likeness (QED) is 0.322. The Morgan fingerprint density at radius 2 is 0.944 bits per heavy atom. The van der Waals surface area contributed by atoms with Gasteiger partial charge >= 0.3 is 0 Å². The Morgan fingerprint density at radius 1 is 0.611 bits per heavy atom. The first kappa shape index (κ1) is 21.4. The Labute approximate surface area is 134 Å². The summed E-state index contributed by atoms with van der Waals surface area (Å²) in [6, 6.07) is 0. The molecule has 0 aromatic heterocycles. The van der Waals surface area contributed by atoms with E-state index in [1.54, 1.807) is 9.80 Å². The first-order valence-electron chi connectivity index (χ1n) is 6.66. The van der Waals surface area contributed by atoms with E-state index in [1.165, 1.54) is 65.0 Å². The van der Waals surface area contributed by atoms with E-state index in [0.29, 0.717) is 0 Å². The predicted molar refractivity (Wildman–Crippen MR) is 71.0 cm³/mol. The Kier molecular flexibility index (Phi) is 17.2. The van der Waals surface area contributed by atoms with Crippen molar-refractivity contribution in [3.8, 4) is 0 Å². The molecule has 1 aliphatic rings. The van der Waals surface area contributed by atoms with Gasteiger partial charge in [0.15, 0.2) is 0 Å². The van der Waals surface area contributed by atoms with Crippen LogP contribution in [0.4, 0.5) is 0 Å². The number of nitrogens with one attached hydrogen (secondary N) is 2. The fourth-order valence-electron chi connectivity index (χ4n) is 2.40. The van der Waals surface area contributed by atoms with Gasteiger partial charge in [-0.15, -0.1) is 23.2 Å². The molecule has 0 radical (unpaired) electrons. The molecule has 6 heteroatoms. The average molecular weight is 340 g/mol.